The van der Waals surface area contributed by atoms with Crippen molar-refractivity contribution in [2.75, 3.05) is 12.4 Å². The molecule has 0 saturated heterocycles. The van der Waals surface area contributed by atoms with E-state index < -0.39 is 5.82 Å². The molecular formula is C18H16FN3O2S. The van der Waals surface area contributed by atoms with Gasteiger partial charge in [0.05, 0.1) is 12.8 Å². The Kier molecular flexibility index (Phi) is 5.35. The number of aryl methyl sites for hydroxylation is 1. The first-order valence-electron chi connectivity index (χ1n) is 7.65. The van der Waals surface area contributed by atoms with Gasteiger partial charge < -0.3 is 10.1 Å². The van der Waals surface area contributed by atoms with E-state index in [0.29, 0.717) is 11.6 Å². The van der Waals surface area contributed by atoms with Crippen molar-refractivity contribution in [3.8, 4) is 17.1 Å². The maximum Gasteiger partial charge on any atom is 0.226 e. The molecule has 1 aromatic carbocycles. The van der Waals surface area contributed by atoms with Gasteiger partial charge in [-0.15, -0.1) is 11.3 Å². The molecule has 0 saturated carbocycles. The number of amides is 1. The Hall–Kier alpha value is -2.80. The second-order valence-electron chi connectivity index (χ2n) is 5.27. The molecule has 2 heterocycles. The minimum absolute atomic E-state index is 0.168. The zero-order valence-electron chi connectivity index (χ0n) is 13.5. The van der Waals surface area contributed by atoms with Crippen molar-refractivity contribution in [3.05, 3.63) is 59.4 Å². The number of halogens is 1. The molecule has 2 aromatic heterocycles. The fraction of sp³-hybridized carbons (Fsp3) is 0.167. The van der Waals surface area contributed by atoms with Gasteiger partial charge in [0.15, 0.2) is 16.7 Å². The largest absolute Gasteiger partial charge is 0.494 e. The maximum absolute atomic E-state index is 13.6. The molecule has 1 N–H and O–H groups in total. The van der Waals surface area contributed by atoms with E-state index in [4.69, 9.17) is 4.74 Å². The summed E-state index contributed by atoms with van der Waals surface area (Å²) < 4.78 is 18.5. The van der Waals surface area contributed by atoms with Crippen molar-refractivity contribution in [2.45, 2.75) is 12.8 Å². The van der Waals surface area contributed by atoms with Crippen LogP contribution in [-0.4, -0.2) is 23.0 Å². The van der Waals surface area contributed by atoms with Gasteiger partial charge in [-0.2, -0.15) is 0 Å². The lowest BCUT2D eigenvalue weighted by Gasteiger charge is -2.05. The smallest absolute Gasteiger partial charge is 0.226 e. The minimum Gasteiger partial charge on any atom is -0.494 e. The second-order valence-corrected chi connectivity index (χ2v) is 6.13. The predicted octanol–water partition coefficient (Wildman–Crippen LogP) is 3.92. The van der Waals surface area contributed by atoms with Gasteiger partial charge in [-0.05, 0) is 36.2 Å². The van der Waals surface area contributed by atoms with Crippen LogP contribution in [0.4, 0.5) is 9.52 Å². The lowest BCUT2D eigenvalue weighted by molar-refractivity contribution is -0.116. The number of benzene rings is 1. The summed E-state index contributed by atoms with van der Waals surface area (Å²) in [5.74, 6) is -0.406. The zero-order valence-corrected chi connectivity index (χ0v) is 14.3. The second kappa shape index (κ2) is 7.85. The molecule has 7 heteroatoms. The summed E-state index contributed by atoms with van der Waals surface area (Å²) in [7, 11) is 1.42. The van der Waals surface area contributed by atoms with Gasteiger partial charge in [0, 0.05) is 18.0 Å². The number of nitrogens with one attached hydrogen (secondary N) is 1. The van der Waals surface area contributed by atoms with E-state index >= 15 is 0 Å². The first-order chi connectivity index (χ1) is 12.2. The highest BCUT2D eigenvalue weighted by Gasteiger charge is 2.10. The first kappa shape index (κ1) is 17.0. The Morgan fingerprint density at radius 2 is 2.16 bits per heavy atom. The number of carbonyl (C=O) groups excluding carboxylic acids is 1. The Bertz CT molecular complexity index is 868. The first-order valence-corrected chi connectivity index (χ1v) is 8.53. The van der Waals surface area contributed by atoms with E-state index in [1.165, 1.54) is 24.5 Å². The van der Waals surface area contributed by atoms with Gasteiger partial charge in [0.2, 0.25) is 5.91 Å². The predicted molar refractivity (Wildman–Crippen MR) is 95.2 cm³/mol. The van der Waals surface area contributed by atoms with Crippen molar-refractivity contribution in [1.29, 1.82) is 0 Å². The van der Waals surface area contributed by atoms with Crippen LogP contribution in [0.2, 0.25) is 0 Å². The maximum atomic E-state index is 13.6. The zero-order chi connectivity index (χ0) is 17.6. The third-order valence-electron chi connectivity index (χ3n) is 3.53. The number of hydrogen-bond acceptors (Lipinski definition) is 5. The molecular weight excluding hydrogens is 341 g/mol. The quantitative estimate of drug-likeness (QED) is 0.726. The molecule has 128 valence electrons. The van der Waals surface area contributed by atoms with Crippen molar-refractivity contribution >= 4 is 22.4 Å². The van der Waals surface area contributed by atoms with Crippen LogP contribution in [0.5, 0.6) is 5.75 Å². The van der Waals surface area contributed by atoms with Crippen LogP contribution in [0.1, 0.15) is 12.0 Å². The van der Waals surface area contributed by atoms with E-state index in [-0.39, 0.29) is 18.1 Å². The highest BCUT2D eigenvalue weighted by atomic mass is 32.1. The molecule has 0 spiro atoms. The molecule has 1 amide bonds. The number of nitrogens with zero attached hydrogens (tertiary/aromatic N) is 2. The third kappa shape index (κ3) is 4.39. The summed E-state index contributed by atoms with van der Waals surface area (Å²) in [6, 6.07) is 10.3. The SMILES string of the molecule is COc1ccc(CCC(=O)Nc2nc(-c3ccccn3)cs2)cc1F. The van der Waals surface area contributed by atoms with Crippen LogP contribution in [0.3, 0.4) is 0 Å². The fourth-order valence-electron chi connectivity index (χ4n) is 2.27. The number of carbonyl (C=O) groups is 1. The van der Waals surface area contributed by atoms with Gasteiger partial charge in [-0.3, -0.25) is 9.78 Å². The molecule has 0 aliphatic carbocycles. The standard InChI is InChI=1S/C18H16FN3O2S/c1-24-16-7-5-12(10-13(16)19)6-8-17(23)22-18-21-15(11-25-18)14-4-2-3-9-20-14/h2-5,7,9-11H,6,8H2,1H3,(H,21,22,23). The normalized spacial score (nSPS) is 10.5. The number of hydrogen-bond donors (Lipinski definition) is 1. The lowest BCUT2D eigenvalue weighted by atomic mass is 10.1. The molecule has 3 rings (SSSR count). The molecule has 0 fully saturated rings. The Balaban J connectivity index is 1.56. The van der Waals surface area contributed by atoms with Crippen molar-refractivity contribution in [2.24, 2.45) is 0 Å². The summed E-state index contributed by atoms with van der Waals surface area (Å²) in [5, 5.41) is 5.13. The molecule has 25 heavy (non-hydrogen) atoms. The number of aromatic nitrogens is 2. The van der Waals surface area contributed by atoms with E-state index in [1.54, 1.807) is 18.3 Å². The Labute approximate surface area is 148 Å². The number of anilines is 1. The third-order valence-corrected chi connectivity index (χ3v) is 4.29. The molecule has 0 aliphatic heterocycles. The summed E-state index contributed by atoms with van der Waals surface area (Å²) in [6.07, 6.45) is 2.37. The molecule has 0 radical (unpaired) electrons. The average Bonchev–Trinajstić information content (AvgIpc) is 3.09. The number of rotatable bonds is 6. The van der Waals surface area contributed by atoms with E-state index in [1.807, 2.05) is 23.6 Å². The molecule has 0 unspecified atom stereocenters. The summed E-state index contributed by atoms with van der Waals surface area (Å²) >= 11 is 1.34. The van der Waals surface area contributed by atoms with Crippen LogP contribution in [0.15, 0.2) is 48.0 Å². The Morgan fingerprint density at radius 1 is 1.28 bits per heavy atom. The number of pyridine rings is 1. The summed E-state index contributed by atoms with van der Waals surface area (Å²) in [5.41, 5.74) is 2.22. The monoisotopic (exact) mass is 357 g/mol. The number of thiazole rings is 1. The van der Waals surface area contributed by atoms with Gasteiger partial charge in [-0.25, -0.2) is 9.37 Å². The molecule has 5 nitrogen and oxygen atoms in total. The highest BCUT2D eigenvalue weighted by molar-refractivity contribution is 7.14. The van der Waals surface area contributed by atoms with Gasteiger partial charge >= 0.3 is 0 Å². The minimum atomic E-state index is -0.430. The van der Waals surface area contributed by atoms with Crippen LogP contribution in [-0.2, 0) is 11.2 Å². The van der Waals surface area contributed by atoms with Crippen molar-refractivity contribution < 1.29 is 13.9 Å². The van der Waals surface area contributed by atoms with Crippen LogP contribution < -0.4 is 10.1 Å². The van der Waals surface area contributed by atoms with Crippen LogP contribution >= 0.6 is 11.3 Å². The summed E-state index contributed by atoms with van der Waals surface area (Å²) in [6.45, 7) is 0. The van der Waals surface area contributed by atoms with E-state index in [9.17, 15) is 9.18 Å². The number of ether oxygens (including phenoxy) is 1. The summed E-state index contributed by atoms with van der Waals surface area (Å²) in [4.78, 5) is 20.6. The van der Waals surface area contributed by atoms with Gasteiger partial charge in [-0.1, -0.05) is 12.1 Å². The lowest BCUT2D eigenvalue weighted by Crippen LogP contribution is -2.12. The average molecular weight is 357 g/mol. The molecule has 0 atom stereocenters. The van der Waals surface area contributed by atoms with Crippen molar-refractivity contribution in [1.82, 2.24) is 9.97 Å². The van der Waals surface area contributed by atoms with Gasteiger partial charge in [0.1, 0.15) is 5.69 Å². The van der Waals surface area contributed by atoms with Crippen LogP contribution in [0.25, 0.3) is 11.4 Å². The molecule has 0 aliphatic rings. The van der Waals surface area contributed by atoms with Crippen LogP contribution in [0, 0.1) is 5.82 Å². The topological polar surface area (TPSA) is 64.1 Å². The van der Waals surface area contributed by atoms with E-state index in [0.717, 1.165) is 17.0 Å². The molecule has 3 aromatic rings. The van der Waals surface area contributed by atoms with Gasteiger partial charge in [0.25, 0.3) is 0 Å². The Morgan fingerprint density at radius 3 is 2.88 bits per heavy atom. The van der Waals surface area contributed by atoms with Crippen molar-refractivity contribution in [3.63, 3.8) is 0 Å². The number of methoxy groups -OCH3 is 1. The fourth-order valence-corrected chi connectivity index (χ4v) is 2.99. The van der Waals surface area contributed by atoms with E-state index in [2.05, 4.69) is 15.3 Å². The molecule has 0 bridgehead atoms. The highest BCUT2D eigenvalue weighted by Crippen LogP contribution is 2.23.